The second-order valence-electron chi connectivity index (χ2n) is 7.25. The summed E-state index contributed by atoms with van der Waals surface area (Å²) in [6.45, 7) is 3.25. The van der Waals surface area contributed by atoms with Crippen molar-refractivity contribution >= 4 is 39.1 Å². The standard InChI is InChI=1S/C21H24ClN3O5S/c1-4-17-21(27)24-16-9-13(2)19(10-18(16)30-17)31(28,29)25(3)12-20(26)23-11-14-7-5-6-8-15(14)22/h5-10,17H,4,11-12H2,1-3H3,(H,23,26)(H,24,27)/t17-/m0/s1. The number of sulfonamides is 1. The van der Waals surface area contributed by atoms with Gasteiger partial charge in [0.15, 0.2) is 6.10 Å². The molecule has 1 aliphatic rings. The molecule has 2 N–H and O–H groups in total. The van der Waals surface area contributed by atoms with Crippen LogP contribution in [-0.2, 0) is 26.2 Å². The van der Waals surface area contributed by atoms with E-state index in [2.05, 4.69) is 10.6 Å². The third-order valence-electron chi connectivity index (χ3n) is 4.96. The van der Waals surface area contributed by atoms with Gasteiger partial charge < -0.3 is 15.4 Å². The van der Waals surface area contributed by atoms with Gasteiger partial charge in [0.25, 0.3) is 5.91 Å². The fraction of sp³-hybridized carbons (Fsp3) is 0.333. The van der Waals surface area contributed by atoms with E-state index in [1.54, 1.807) is 44.2 Å². The second-order valence-corrected chi connectivity index (χ2v) is 9.67. The molecular formula is C21H24ClN3O5S. The highest BCUT2D eigenvalue weighted by Gasteiger charge is 2.31. The molecule has 0 radical (unpaired) electrons. The van der Waals surface area contributed by atoms with Crippen molar-refractivity contribution in [1.29, 1.82) is 0 Å². The molecule has 0 fully saturated rings. The van der Waals surface area contributed by atoms with E-state index in [-0.39, 0.29) is 29.6 Å². The number of hydrogen-bond acceptors (Lipinski definition) is 5. The molecule has 8 nitrogen and oxygen atoms in total. The maximum Gasteiger partial charge on any atom is 0.265 e. The van der Waals surface area contributed by atoms with Crippen molar-refractivity contribution in [3.63, 3.8) is 0 Å². The third-order valence-corrected chi connectivity index (χ3v) is 7.27. The van der Waals surface area contributed by atoms with Crippen LogP contribution in [0.2, 0.25) is 5.02 Å². The van der Waals surface area contributed by atoms with Crippen molar-refractivity contribution in [3.8, 4) is 5.75 Å². The summed E-state index contributed by atoms with van der Waals surface area (Å²) < 4.78 is 32.8. The highest BCUT2D eigenvalue weighted by atomic mass is 35.5. The van der Waals surface area contributed by atoms with E-state index in [9.17, 15) is 18.0 Å². The Balaban J connectivity index is 1.74. The molecule has 1 atom stereocenters. The Labute approximate surface area is 186 Å². The van der Waals surface area contributed by atoms with Crippen molar-refractivity contribution in [2.45, 2.75) is 37.8 Å². The minimum atomic E-state index is -3.97. The number of rotatable bonds is 7. The van der Waals surface area contributed by atoms with E-state index in [0.717, 1.165) is 9.87 Å². The topological polar surface area (TPSA) is 105 Å². The summed E-state index contributed by atoms with van der Waals surface area (Å²) >= 11 is 6.08. The molecule has 2 aromatic carbocycles. The molecular weight excluding hydrogens is 442 g/mol. The molecule has 0 aliphatic carbocycles. The van der Waals surface area contributed by atoms with E-state index in [0.29, 0.717) is 22.7 Å². The number of carbonyl (C=O) groups is 2. The minimum Gasteiger partial charge on any atom is -0.478 e. The van der Waals surface area contributed by atoms with Crippen molar-refractivity contribution in [3.05, 3.63) is 52.5 Å². The Morgan fingerprint density at radius 1 is 1.29 bits per heavy atom. The van der Waals surface area contributed by atoms with Gasteiger partial charge in [0.2, 0.25) is 15.9 Å². The summed E-state index contributed by atoms with van der Waals surface area (Å²) in [5, 5.41) is 5.93. The Bertz CT molecular complexity index is 1120. The van der Waals surface area contributed by atoms with Crippen molar-refractivity contribution in [2.24, 2.45) is 0 Å². The van der Waals surface area contributed by atoms with Gasteiger partial charge in [-0.1, -0.05) is 36.7 Å². The number of hydrogen-bond donors (Lipinski definition) is 2. The lowest BCUT2D eigenvalue weighted by Crippen LogP contribution is -2.39. The SMILES string of the molecule is CC[C@@H]1Oc2cc(S(=O)(=O)N(C)CC(=O)NCc3ccccc3Cl)c(C)cc2NC1=O. The molecule has 0 unspecified atom stereocenters. The number of likely N-dealkylation sites (N-methyl/N-ethyl adjacent to an activating group) is 1. The first-order valence-electron chi connectivity index (χ1n) is 9.72. The number of ether oxygens (including phenoxy) is 1. The molecule has 0 aromatic heterocycles. The molecule has 0 bridgehead atoms. The molecule has 166 valence electrons. The number of benzene rings is 2. The first kappa shape index (κ1) is 23.1. The summed E-state index contributed by atoms with van der Waals surface area (Å²) in [6.07, 6.45) is -0.230. The zero-order chi connectivity index (χ0) is 22.8. The highest BCUT2D eigenvalue weighted by molar-refractivity contribution is 7.89. The number of amides is 2. The van der Waals surface area contributed by atoms with Crippen LogP contribution in [-0.4, -0.2) is 44.2 Å². The molecule has 1 aliphatic heterocycles. The predicted octanol–water partition coefficient (Wildman–Crippen LogP) is 2.69. The van der Waals surface area contributed by atoms with Crippen LogP contribution >= 0.6 is 11.6 Å². The van der Waals surface area contributed by atoms with Gasteiger partial charge in [0.05, 0.1) is 17.1 Å². The maximum absolute atomic E-state index is 13.1. The smallest absolute Gasteiger partial charge is 0.265 e. The molecule has 2 aromatic rings. The number of fused-ring (bicyclic) bond motifs is 1. The van der Waals surface area contributed by atoms with Gasteiger partial charge >= 0.3 is 0 Å². The molecule has 0 spiro atoms. The average molecular weight is 466 g/mol. The van der Waals surface area contributed by atoms with Gasteiger partial charge in [0, 0.05) is 24.7 Å². The lowest BCUT2D eigenvalue weighted by Gasteiger charge is -2.27. The lowest BCUT2D eigenvalue weighted by atomic mass is 10.1. The number of aryl methyl sites for hydroxylation is 1. The van der Waals surface area contributed by atoms with Crippen LogP contribution in [0.25, 0.3) is 0 Å². The molecule has 0 saturated heterocycles. The van der Waals surface area contributed by atoms with Crippen LogP contribution in [0.4, 0.5) is 5.69 Å². The summed E-state index contributed by atoms with van der Waals surface area (Å²) in [5.41, 5.74) is 1.59. The Morgan fingerprint density at radius 2 is 2.00 bits per heavy atom. The van der Waals surface area contributed by atoms with Gasteiger partial charge in [-0.15, -0.1) is 0 Å². The molecule has 2 amide bonds. The second kappa shape index (κ2) is 9.25. The largest absolute Gasteiger partial charge is 0.478 e. The third kappa shape index (κ3) is 5.00. The molecule has 10 heteroatoms. The summed E-state index contributed by atoms with van der Waals surface area (Å²) in [6, 6.07) is 10.0. The fourth-order valence-electron chi connectivity index (χ4n) is 3.18. The van der Waals surface area contributed by atoms with Gasteiger partial charge in [-0.2, -0.15) is 4.31 Å². The molecule has 0 saturated carbocycles. The Morgan fingerprint density at radius 3 is 2.68 bits per heavy atom. The number of halogens is 1. The van der Waals surface area contributed by atoms with Crippen LogP contribution in [0.15, 0.2) is 41.3 Å². The van der Waals surface area contributed by atoms with E-state index in [1.165, 1.54) is 13.1 Å². The van der Waals surface area contributed by atoms with Gasteiger partial charge in [-0.25, -0.2) is 8.42 Å². The van der Waals surface area contributed by atoms with Gasteiger partial charge in [-0.3, -0.25) is 9.59 Å². The lowest BCUT2D eigenvalue weighted by molar-refractivity contribution is -0.123. The zero-order valence-electron chi connectivity index (χ0n) is 17.4. The van der Waals surface area contributed by atoms with Crippen molar-refractivity contribution in [1.82, 2.24) is 9.62 Å². The number of nitrogens with zero attached hydrogens (tertiary/aromatic N) is 1. The van der Waals surface area contributed by atoms with Crippen LogP contribution in [0.5, 0.6) is 5.75 Å². The zero-order valence-corrected chi connectivity index (χ0v) is 19.0. The van der Waals surface area contributed by atoms with Crippen molar-refractivity contribution < 1.29 is 22.7 Å². The Kier molecular flexibility index (Phi) is 6.88. The van der Waals surface area contributed by atoms with E-state index >= 15 is 0 Å². The van der Waals surface area contributed by atoms with E-state index in [1.807, 2.05) is 0 Å². The van der Waals surface area contributed by atoms with Crippen LogP contribution in [0.3, 0.4) is 0 Å². The monoisotopic (exact) mass is 465 g/mol. The normalized spacial score (nSPS) is 15.8. The number of nitrogens with one attached hydrogen (secondary N) is 2. The quantitative estimate of drug-likeness (QED) is 0.654. The van der Waals surface area contributed by atoms with E-state index in [4.69, 9.17) is 16.3 Å². The number of carbonyl (C=O) groups excluding carboxylic acids is 2. The molecule has 31 heavy (non-hydrogen) atoms. The first-order chi connectivity index (χ1) is 14.6. The predicted molar refractivity (Wildman–Crippen MR) is 118 cm³/mol. The van der Waals surface area contributed by atoms with Crippen LogP contribution < -0.4 is 15.4 Å². The van der Waals surface area contributed by atoms with Crippen LogP contribution in [0.1, 0.15) is 24.5 Å². The number of anilines is 1. The molecule has 3 rings (SSSR count). The summed E-state index contributed by atoms with van der Waals surface area (Å²) in [5.74, 6) is -0.444. The maximum atomic E-state index is 13.1. The van der Waals surface area contributed by atoms with Gasteiger partial charge in [-0.05, 0) is 36.6 Å². The summed E-state index contributed by atoms with van der Waals surface area (Å²) in [4.78, 5) is 24.3. The molecule has 1 heterocycles. The van der Waals surface area contributed by atoms with Crippen LogP contribution in [0, 0.1) is 6.92 Å². The summed E-state index contributed by atoms with van der Waals surface area (Å²) in [7, 11) is -2.64. The van der Waals surface area contributed by atoms with Gasteiger partial charge in [0.1, 0.15) is 5.75 Å². The highest BCUT2D eigenvalue weighted by Crippen LogP contribution is 2.35. The Hall–Kier alpha value is -2.62. The fourth-order valence-corrected chi connectivity index (χ4v) is 4.73. The minimum absolute atomic E-state index is 0.0126. The average Bonchev–Trinajstić information content (AvgIpc) is 2.72. The van der Waals surface area contributed by atoms with E-state index < -0.39 is 22.0 Å². The van der Waals surface area contributed by atoms with Crippen molar-refractivity contribution in [2.75, 3.05) is 18.9 Å². The first-order valence-corrected chi connectivity index (χ1v) is 11.5.